The van der Waals surface area contributed by atoms with Gasteiger partial charge in [0.25, 0.3) is 0 Å². The third-order valence-corrected chi connectivity index (χ3v) is 14.2. The SMILES string of the molecule is CCCCCCCCCCCCCCCC(=O)NNC(=O)CC[C@@H](C)[C@H]1CC[C@H]2[C@@H]3[C@H](O)C[C@@H]4C[C@H](O)CC[C@]4(C)[C@H]3C[C@H](O)[C@]12C. The monoisotopic (exact) mass is 661 g/mol. The summed E-state index contributed by atoms with van der Waals surface area (Å²) in [6, 6.07) is 0. The first-order chi connectivity index (χ1) is 22.5. The standard InChI is InChI=1S/C40H72N2O5/c1-5-6-7-8-9-10-11-12-13-14-15-16-17-18-36(46)41-42-37(47)22-19-28(2)31-20-21-32-38-33(27-35(45)40(31,32)4)39(3)24-23-30(43)25-29(39)26-34(38)44/h28-35,38,43-45H,5-27H2,1-4H3,(H,41,46)(H,42,47)/t28-,29+,30-,31-,32+,33+,34-,35+,38+,39+,40-/m1/s1. The van der Waals surface area contributed by atoms with Gasteiger partial charge in [0.1, 0.15) is 0 Å². The largest absolute Gasteiger partial charge is 0.393 e. The fourth-order valence-corrected chi connectivity index (χ4v) is 11.3. The summed E-state index contributed by atoms with van der Waals surface area (Å²) in [5.41, 5.74) is 5.07. The van der Waals surface area contributed by atoms with Crippen LogP contribution < -0.4 is 10.9 Å². The second-order valence-electron chi connectivity index (χ2n) is 17.1. The normalized spacial score (nSPS) is 37.0. The van der Waals surface area contributed by atoms with Gasteiger partial charge in [0.15, 0.2) is 0 Å². The molecule has 0 aromatic rings. The highest BCUT2D eigenvalue weighted by molar-refractivity contribution is 5.81. The maximum Gasteiger partial charge on any atom is 0.238 e. The molecule has 7 nitrogen and oxygen atoms in total. The van der Waals surface area contributed by atoms with Crippen molar-refractivity contribution < 1.29 is 24.9 Å². The summed E-state index contributed by atoms with van der Waals surface area (Å²) in [5.74, 6) is 1.39. The Morgan fingerprint density at radius 2 is 1.30 bits per heavy atom. The minimum Gasteiger partial charge on any atom is -0.393 e. The molecule has 0 radical (unpaired) electrons. The van der Waals surface area contributed by atoms with Crippen LogP contribution >= 0.6 is 0 Å². The molecule has 0 aromatic heterocycles. The van der Waals surface area contributed by atoms with Gasteiger partial charge in [-0.3, -0.25) is 20.4 Å². The number of hydrogen-bond donors (Lipinski definition) is 5. The molecule has 0 saturated heterocycles. The Morgan fingerprint density at radius 3 is 1.91 bits per heavy atom. The fourth-order valence-electron chi connectivity index (χ4n) is 11.3. The number of amides is 2. The van der Waals surface area contributed by atoms with E-state index in [1.807, 2.05) is 0 Å². The zero-order valence-electron chi connectivity index (χ0n) is 30.6. The lowest BCUT2D eigenvalue weighted by molar-refractivity contribution is -0.207. The van der Waals surface area contributed by atoms with E-state index in [0.717, 1.165) is 57.8 Å². The minimum atomic E-state index is -0.420. The third kappa shape index (κ3) is 9.54. The van der Waals surface area contributed by atoms with Crippen LogP contribution in [0.1, 0.15) is 175 Å². The van der Waals surface area contributed by atoms with E-state index in [1.165, 1.54) is 70.6 Å². The number of carbonyl (C=O) groups is 2. The average molecular weight is 661 g/mol. The highest BCUT2D eigenvalue weighted by atomic mass is 16.3. The Labute approximate surface area is 287 Å². The van der Waals surface area contributed by atoms with Crippen molar-refractivity contribution in [3.05, 3.63) is 0 Å². The quantitative estimate of drug-likeness (QED) is 0.0754. The molecule has 0 bridgehead atoms. The number of hydrogen-bond acceptors (Lipinski definition) is 5. The van der Waals surface area contributed by atoms with Crippen LogP contribution in [0, 0.1) is 46.3 Å². The van der Waals surface area contributed by atoms with E-state index < -0.39 is 6.10 Å². The van der Waals surface area contributed by atoms with Gasteiger partial charge < -0.3 is 15.3 Å². The van der Waals surface area contributed by atoms with E-state index in [0.29, 0.717) is 37.0 Å². The van der Waals surface area contributed by atoms with E-state index >= 15 is 0 Å². The Bertz CT molecular complexity index is 976. The van der Waals surface area contributed by atoms with Crippen LogP contribution in [0.15, 0.2) is 0 Å². The summed E-state index contributed by atoms with van der Waals surface area (Å²) in [6.07, 6.45) is 23.1. The van der Waals surface area contributed by atoms with Gasteiger partial charge >= 0.3 is 0 Å². The third-order valence-electron chi connectivity index (χ3n) is 14.2. The van der Waals surface area contributed by atoms with Crippen LogP contribution in [0.5, 0.6) is 0 Å². The van der Waals surface area contributed by atoms with Crippen molar-refractivity contribution in [1.29, 1.82) is 0 Å². The maximum absolute atomic E-state index is 12.7. The predicted molar refractivity (Wildman–Crippen MR) is 189 cm³/mol. The topological polar surface area (TPSA) is 119 Å². The summed E-state index contributed by atoms with van der Waals surface area (Å²) in [7, 11) is 0. The summed E-state index contributed by atoms with van der Waals surface area (Å²) in [5, 5.41) is 33.7. The van der Waals surface area contributed by atoms with Crippen molar-refractivity contribution in [1.82, 2.24) is 10.9 Å². The molecule has 4 saturated carbocycles. The highest BCUT2D eigenvalue weighted by Gasteiger charge is 2.65. The second-order valence-corrected chi connectivity index (χ2v) is 17.1. The van der Waals surface area contributed by atoms with Crippen LogP contribution in [0.3, 0.4) is 0 Å². The van der Waals surface area contributed by atoms with Gasteiger partial charge in [-0.1, -0.05) is 105 Å². The maximum atomic E-state index is 12.7. The zero-order chi connectivity index (χ0) is 34.0. The summed E-state index contributed by atoms with van der Waals surface area (Å²) < 4.78 is 0. The molecule has 2 amide bonds. The van der Waals surface area contributed by atoms with Crippen molar-refractivity contribution in [2.75, 3.05) is 0 Å². The Kier molecular flexibility index (Phi) is 14.9. The minimum absolute atomic E-state index is 0.0737. The number of rotatable bonds is 18. The van der Waals surface area contributed by atoms with E-state index in [2.05, 4.69) is 38.5 Å². The lowest BCUT2D eigenvalue weighted by atomic mass is 9.43. The molecule has 0 unspecified atom stereocenters. The first kappa shape index (κ1) is 38.6. The van der Waals surface area contributed by atoms with Gasteiger partial charge in [-0.15, -0.1) is 0 Å². The second kappa shape index (κ2) is 18.2. The van der Waals surface area contributed by atoms with Crippen LogP contribution in [0.25, 0.3) is 0 Å². The summed E-state index contributed by atoms with van der Waals surface area (Å²) >= 11 is 0. The van der Waals surface area contributed by atoms with Crippen molar-refractivity contribution in [3.8, 4) is 0 Å². The Hall–Kier alpha value is -1.18. The van der Waals surface area contributed by atoms with E-state index in [4.69, 9.17) is 0 Å². The molecule has 0 aromatic carbocycles. The van der Waals surface area contributed by atoms with Crippen LogP contribution in [-0.2, 0) is 9.59 Å². The van der Waals surface area contributed by atoms with E-state index in [1.54, 1.807) is 0 Å². The first-order valence-electron chi connectivity index (χ1n) is 20.1. The zero-order valence-corrected chi connectivity index (χ0v) is 30.6. The summed E-state index contributed by atoms with van der Waals surface area (Å²) in [4.78, 5) is 25.0. The van der Waals surface area contributed by atoms with Crippen molar-refractivity contribution >= 4 is 11.8 Å². The van der Waals surface area contributed by atoms with Gasteiger partial charge in [0.05, 0.1) is 18.3 Å². The molecular weight excluding hydrogens is 588 g/mol. The van der Waals surface area contributed by atoms with Crippen LogP contribution in [0.2, 0.25) is 0 Å². The predicted octanol–water partition coefficient (Wildman–Crippen LogP) is 7.99. The number of nitrogens with one attached hydrogen (secondary N) is 2. The Balaban J connectivity index is 1.11. The van der Waals surface area contributed by atoms with Gasteiger partial charge in [-0.05, 0) is 104 Å². The fraction of sp³-hybridized carbons (Fsp3) is 0.950. The molecule has 0 heterocycles. The average Bonchev–Trinajstić information content (AvgIpc) is 3.40. The molecule has 47 heavy (non-hydrogen) atoms. The number of carbonyl (C=O) groups excluding carboxylic acids is 2. The number of aliphatic hydroxyl groups excluding tert-OH is 3. The number of aliphatic hydroxyl groups is 3. The van der Waals surface area contributed by atoms with Gasteiger partial charge in [0.2, 0.25) is 11.8 Å². The number of unbranched alkanes of at least 4 members (excludes halogenated alkanes) is 12. The van der Waals surface area contributed by atoms with Crippen molar-refractivity contribution in [3.63, 3.8) is 0 Å². The lowest BCUT2D eigenvalue weighted by Crippen LogP contribution is -2.62. The number of hydrazine groups is 1. The Morgan fingerprint density at radius 1 is 0.723 bits per heavy atom. The summed E-state index contributed by atoms with van der Waals surface area (Å²) in [6.45, 7) is 9.11. The molecule has 4 fully saturated rings. The van der Waals surface area contributed by atoms with Crippen LogP contribution in [0.4, 0.5) is 0 Å². The molecule has 5 N–H and O–H groups in total. The molecule has 11 atom stereocenters. The first-order valence-corrected chi connectivity index (χ1v) is 20.1. The van der Waals surface area contributed by atoms with Crippen molar-refractivity contribution in [2.24, 2.45) is 46.3 Å². The molecule has 0 spiro atoms. The number of fused-ring (bicyclic) bond motifs is 5. The van der Waals surface area contributed by atoms with E-state index in [9.17, 15) is 24.9 Å². The molecule has 0 aliphatic heterocycles. The molecule has 7 heteroatoms. The highest BCUT2D eigenvalue weighted by Crippen LogP contribution is 2.68. The molecule has 4 aliphatic rings. The molecular formula is C40H72N2O5. The van der Waals surface area contributed by atoms with Crippen molar-refractivity contribution in [2.45, 2.75) is 194 Å². The van der Waals surface area contributed by atoms with Gasteiger partial charge in [-0.25, -0.2) is 0 Å². The molecule has 4 aliphatic carbocycles. The molecule has 272 valence electrons. The lowest BCUT2D eigenvalue weighted by Gasteiger charge is -2.63. The van der Waals surface area contributed by atoms with Crippen LogP contribution in [-0.4, -0.2) is 45.4 Å². The van der Waals surface area contributed by atoms with Gasteiger partial charge in [0, 0.05) is 12.8 Å². The van der Waals surface area contributed by atoms with Gasteiger partial charge in [-0.2, -0.15) is 0 Å². The van der Waals surface area contributed by atoms with E-state index in [-0.39, 0.29) is 52.6 Å². The molecule has 4 rings (SSSR count). The smallest absolute Gasteiger partial charge is 0.238 e.